The lowest BCUT2D eigenvalue weighted by molar-refractivity contribution is -0.140. The molecule has 0 N–H and O–H groups in total. The first kappa shape index (κ1) is 15.9. The Kier molecular flexibility index (Phi) is 5.33. The Balaban J connectivity index is 2.88. The monoisotopic (exact) mass is 266 g/mol. The van der Waals surface area contributed by atoms with Crippen LogP contribution in [0.25, 0.3) is 0 Å². The van der Waals surface area contributed by atoms with Gasteiger partial charge in [-0.3, -0.25) is 4.79 Å². The van der Waals surface area contributed by atoms with Crippen LogP contribution < -0.4 is 0 Å². The SMILES string of the molecule is C=C(C[C@]1(C)C(=O)CCC[C@H]1C(C)C)C(=O)OCC. The Morgan fingerprint density at radius 2 is 2.16 bits per heavy atom. The molecule has 0 bridgehead atoms. The van der Waals surface area contributed by atoms with Crippen molar-refractivity contribution in [2.24, 2.45) is 17.3 Å². The number of rotatable bonds is 5. The van der Waals surface area contributed by atoms with Gasteiger partial charge in [0.05, 0.1) is 6.61 Å². The molecule has 0 aromatic rings. The number of Topliss-reactive ketones (excluding diaryl/α,β-unsaturated/α-hetero) is 1. The molecule has 108 valence electrons. The third-order valence-corrected chi connectivity index (χ3v) is 4.32. The second-order valence-corrected chi connectivity index (χ2v) is 6.08. The Morgan fingerprint density at radius 1 is 1.53 bits per heavy atom. The van der Waals surface area contributed by atoms with Crippen molar-refractivity contribution in [2.45, 2.75) is 53.4 Å². The van der Waals surface area contributed by atoms with Gasteiger partial charge in [0.25, 0.3) is 0 Å². The Labute approximate surface area is 116 Å². The summed E-state index contributed by atoms with van der Waals surface area (Å²) in [5, 5.41) is 0. The number of hydrogen-bond acceptors (Lipinski definition) is 3. The molecule has 1 aliphatic rings. The van der Waals surface area contributed by atoms with Crippen LogP contribution in [0.2, 0.25) is 0 Å². The number of esters is 1. The van der Waals surface area contributed by atoms with Gasteiger partial charge >= 0.3 is 5.97 Å². The number of ether oxygens (including phenoxy) is 1. The predicted octanol–water partition coefficient (Wildman–Crippen LogP) is 3.53. The summed E-state index contributed by atoms with van der Waals surface area (Å²) in [4.78, 5) is 24.1. The van der Waals surface area contributed by atoms with E-state index in [1.807, 2.05) is 6.92 Å². The summed E-state index contributed by atoms with van der Waals surface area (Å²) in [5.74, 6) is 0.650. The summed E-state index contributed by atoms with van der Waals surface area (Å²) in [6.07, 6.45) is 3.06. The van der Waals surface area contributed by atoms with Crippen molar-refractivity contribution < 1.29 is 14.3 Å². The first-order valence-electron chi connectivity index (χ1n) is 7.21. The molecule has 1 rings (SSSR count). The van der Waals surface area contributed by atoms with E-state index >= 15 is 0 Å². The minimum absolute atomic E-state index is 0.267. The summed E-state index contributed by atoms with van der Waals surface area (Å²) in [5.41, 5.74) is -0.0405. The van der Waals surface area contributed by atoms with E-state index in [2.05, 4.69) is 20.4 Å². The van der Waals surface area contributed by atoms with Crippen LogP contribution in [-0.2, 0) is 14.3 Å². The zero-order valence-electron chi connectivity index (χ0n) is 12.6. The quantitative estimate of drug-likeness (QED) is 0.565. The first-order chi connectivity index (χ1) is 8.82. The zero-order valence-corrected chi connectivity index (χ0v) is 12.6. The molecule has 0 amide bonds. The average Bonchev–Trinajstić information content (AvgIpc) is 2.32. The van der Waals surface area contributed by atoms with E-state index < -0.39 is 5.41 Å². The number of carbonyl (C=O) groups excluding carboxylic acids is 2. The van der Waals surface area contributed by atoms with Crippen molar-refractivity contribution in [1.29, 1.82) is 0 Å². The standard InChI is InChI=1S/C16H26O3/c1-6-19-15(18)12(4)10-16(5)13(11(2)3)8-7-9-14(16)17/h11,13H,4,6-10H2,1-3,5H3/t13-,16-/m0/s1. The largest absolute Gasteiger partial charge is 0.463 e. The maximum Gasteiger partial charge on any atom is 0.333 e. The van der Waals surface area contributed by atoms with E-state index in [1.54, 1.807) is 6.92 Å². The average molecular weight is 266 g/mol. The van der Waals surface area contributed by atoms with Gasteiger partial charge in [-0.1, -0.05) is 27.4 Å². The van der Waals surface area contributed by atoms with Crippen LogP contribution in [0.1, 0.15) is 53.4 Å². The fraction of sp³-hybridized carbons (Fsp3) is 0.750. The van der Waals surface area contributed by atoms with Crippen molar-refractivity contribution in [3.05, 3.63) is 12.2 Å². The van der Waals surface area contributed by atoms with Crippen molar-refractivity contribution >= 4 is 11.8 Å². The molecule has 0 aromatic carbocycles. The highest BCUT2D eigenvalue weighted by molar-refractivity contribution is 5.91. The Hall–Kier alpha value is -1.12. The van der Waals surface area contributed by atoms with Crippen molar-refractivity contribution in [1.82, 2.24) is 0 Å². The predicted molar refractivity (Wildman–Crippen MR) is 75.7 cm³/mol. The van der Waals surface area contributed by atoms with Crippen LogP contribution in [0.15, 0.2) is 12.2 Å². The molecule has 0 unspecified atom stereocenters. The lowest BCUT2D eigenvalue weighted by Gasteiger charge is -2.42. The summed E-state index contributed by atoms with van der Waals surface area (Å²) in [6.45, 7) is 12.2. The molecule has 3 nitrogen and oxygen atoms in total. The van der Waals surface area contributed by atoms with Gasteiger partial charge in [0.2, 0.25) is 0 Å². The highest BCUT2D eigenvalue weighted by Crippen LogP contribution is 2.46. The first-order valence-corrected chi connectivity index (χ1v) is 7.21. The van der Waals surface area contributed by atoms with E-state index in [1.165, 1.54) is 0 Å². The summed E-state index contributed by atoms with van der Waals surface area (Å²) in [7, 11) is 0. The molecule has 2 atom stereocenters. The maximum atomic E-state index is 12.4. The smallest absolute Gasteiger partial charge is 0.333 e. The van der Waals surface area contributed by atoms with Gasteiger partial charge in [0.1, 0.15) is 5.78 Å². The van der Waals surface area contributed by atoms with Gasteiger partial charge in [-0.15, -0.1) is 0 Å². The summed E-state index contributed by atoms with van der Waals surface area (Å²) >= 11 is 0. The molecular weight excluding hydrogens is 240 g/mol. The molecule has 19 heavy (non-hydrogen) atoms. The number of hydrogen-bond donors (Lipinski definition) is 0. The molecular formula is C16H26O3. The Bertz CT molecular complexity index is 370. The van der Waals surface area contributed by atoms with Crippen LogP contribution >= 0.6 is 0 Å². The van der Waals surface area contributed by atoms with E-state index in [0.717, 1.165) is 12.8 Å². The van der Waals surface area contributed by atoms with E-state index in [-0.39, 0.29) is 11.8 Å². The second kappa shape index (κ2) is 6.36. The molecule has 0 spiro atoms. The highest BCUT2D eigenvalue weighted by Gasteiger charge is 2.45. The van der Waals surface area contributed by atoms with Crippen LogP contribution in [0.4, 0.5) is 0 Å². The molecule has 0 aromatic heterocycles. The fourth-order valence-corrected chi connectivity index (χ4v) is 3.34. The van der Waals surface area contributed by atoms with E-state index in [0.29, 0.717) is 36.9 Å². The molecule has 0 saturated heterocycles. The van der Waals surface area contributed by atoms with Crippen LogP contribution in [-0.4, -0.2) is 18.4 Å². The van der Waals surface area contributed by atoms with Crippen LogP contribution in [0.3, 0.4) is 0 Å². The van der Waals surface area contributed by atoms with Crippen molar-refractivity contribution in [2.75, 3.05) is 6.61 Å². The second-order valence-electron chi connectivity index (χ2n) is 6.08. The number of ketones is 1. The molecule has 1 saturated carbocycles. The number of carbonyl (C=O) groups is 2. The summed E-state index contributed by atoms with van der Waals surface area (Å²) in [6, 6.07) is 0. The molecule has 0 radical (unpaired) electrons. The molecule has 0 heterocycles. The van der Waals surface area contributed by atoms with Gasteiger partial charge in [-0.2, -0.15) is 0 Å². The van der Waals surface area contributed by atoms with Gasteiger partial charge < -0.3 is 4.74 Å². The van der Waals surface area contributed by atoms with Gasteiger partial charge in [0, 0.05) is 17.4 Å². The Morgan fingerprint density at radius 3 is 2.68 bits per heavy atom. The molecule has 0 aliphatic heterocycles. The maximum absolute atomic E-state index is 12.4. The van der Waals surface area contributed by atoms with Crippen molar-refractivity contribution in [3.8, 4) is 0 Å². The normalized spacial score (nSPS) is 27.4. The third-order valence-electron chi connectivity index (χ3n) is 4.32. The van der Waals surface area contributed by atoms with Gasteiger partial charge in [-0.05, 0) is 38.0 Å². The minimum atomic E-state index is -0.462. The minimum Gasteiger partial charge on any atom is -0.463 e. The summed E-state index contributed by atoms with van der Waals surface area (Å²) < 4.78 is 4.97. The van der Waals surface area contributed by atoms with Crippen molar-refractivity contribution in [3.63, 3.8) is 0 Å². The lowest BCUT2D eigenvalue weighted by atomic mass is 9.60. The van der Waals surface area contributed by atoms with E-state index in [4.69, 9.17) is 4.74 Å². The van der Waals surface area contributed by atoms with Gasteiger partial charge in [0.15, 0.2) is 0 Å². The van der Waals surface area contributed by atoms with E-state index in [9.17, 15) is 9.59 Å². The van der Waals surface area contributed by atoms with Crippen LogP contribution in [0, 0.1) is 17.3 Å². The third kappa shape index (κ3) is 3.46. The molecule has 1 aliphatic carbocycles. The molecule has 1 fully saturated rings. The zero-order chi connectivity index (χ0) is 14.6. The van der Waals surface area contributed by atoms with Crippen LogP contribution in [0.5, 0.6) is 0 Å². The van der Waals surface area contributed by atoms with Gasteiger partial charge in [-0.25, -0.2) is 4.79 Å². The lowest BCUT2D eigenvalue weighted by Crippen LogP contribution is -2.42. The fourth-order valence-electron chi connectivity index (χ4n) is 3.34. The molecule has 3 heteroatoms. The highest BCUT2D eigenvalue weighted by atomic mass is 16.5. The topological polar surface area (TPSA) is 43.4 Å².